The first-order valence-electron chi connectivity index (χ1n) is 9.16. The smallest absolute Gasteiger partial charge is 0.261 e. The molecule has 0 aliphatic carbocycles. The second-order valence-corrected chi connectivity index (χ2v) is 7.43. The van der Waals surface area contributed by atoms with Crippen molar-refractivity contribution >= 4 is 16.6 Å². The number of aliphatic imine (C=N–C) groups is 1. The zero-order chi connectivity index (χ0) is 18.7. The molecule has 4 heteroatoms. The summed E-state index contributed by atoms with van der Waals surface area (Å²) in [7, 11) is 0. The van der Waals surface area contributed by atoms with Crippen molar-refractivity contribution in [3.8, 4) is 11.8 Å². The average molecular weight is 347 g/mol. The molecule has 0 spiro atoms. The zero-order valence-corrected chi connectivity index (χ0v) is 16.0. The van der Waals surface area contributed by atoms with Gasteiger partial charge in [0.05, 0.1) is 10.9 Å². The highest BCUT2D eigenvalue weighted by Crippen LogP contribution is 2.29. The molecule has 0 atom stereocenters. The molecule has 3 rings (SSSR count). The molecule has 2 aromatic rings. The number of benzene rings is 1. The molecular formula is C22H25N3O. The molecule has 1 aromatic carbocycles. The monoisotopic (exact) mass is 347 g/mol. The summed E-state index contributed by atoms with van der Waals surface area (Å²) in [6, 6.07) is 5.64. The van der Waals surface area contributed by atoms with Crippen LogP contribution in [0.4, 0.5) is 0 Å². The Morgan fingerprint density at radius 3 is 2.96 bits per heavy atom. The maximum atomic E-state index is 12.9. The molecule has 26 heavy (non-hydrogen) atoms. The molecule has 4 nitrogen and oxygen atoms in total. The summed E-state index contributed by atoms with van der Waals surface area (Å²) >= 11 is 0. The predicted molar refractivity (Wildman–Crippen MR) is 108 cm³/mol. The summed E-state index contributed by atoms with van der Waals surface area (Å²) in [5.41, 5.74) is 2.53. The fraction of sp³-hybridized carbons (Fsp3) is 0.409. The molecular weight excluding hydrogens is 322 g/mol. The minimum absolute atomic E-state index is 0.0550. The van der Waals surface area contributed by atoms with Gasteiger partial charge in [0.25, 0.3) is 5.56 Å². The lowest BCUT2D eigenvalue weighted by Crippen LogP contribution is -2.36. The van der Waals surface area contributed by atoms with Gasteiger partial charge in [0.2, 0.25) is 0 Å². The summed E-state index contributed by atoms with van der Waals surface area (Å²) in [5, 5.41) is 0.660. The first-order valence-corrected chi connectivity index (χ1v) is 9.16. The number of hydrogen-bond acceptors (Lipinski definition) is 3. The molecule has 1 aliphatic heterocycles. The van der Waals surface area contributed by atoms with Gasteiger partial charge < -0.3 is 0 Å². The molecule has 0 unspecified atom stereocenters. The van der Waals surface area contributed by atoms with E-state index in [1.165, 1.54) is 0 Å². The van der Waals surface area contributed by atoms with Crippen LogP contribution in [0.3, 0.4) is 0 Å². The molecule has 0 amide bonds. The van der Waals surface area contributed by atoms with E-state index in [1.807, 2.05) is 48.8 Å². The van der Waals surface area contributed by atoms with Crippen LogP contribution in [0.2, 0.25) is 0 Å². The van der Waals surface area contributed by atoms with Crippen LogP contribution >= 0.6 is 0 Å². The van der Waals surface area contributed by atoms with Gasteiger partial charge in [0.15, 0.2) is 0 Å². The highest BCUT2D eigenvalue weighted by molar-refractivity contribution is 6.09. The van der Waals surface area contributed by atoms with Crippen LogP contribution in [-0.4, -0.2) is 21.8 Å². The van der Waals surface area contributed by atoms with Gasteiger partial charge in [-0.25, -0.2) is 4.98 Å². The van der Waals surface area contributed by atoms with Gasteiger partial charge in [-0.3, -0.25) is 14.4 Å². The summed E-state index contributed by atoms with van der Waals surface area (Å²) < 4.78 is 1.84. The first-order chi connectivity index (χ1) is 12.4. The van der Waals surface area contributed by atoms with Crippen LogP contribution in [0, 0.1) is 17.3 Å². The first kappa shape index (κ1) is 18.1. The quantitative estimate of drug-likeness (QED) is 0.613. The third-order valence-corrected chi connectivity index (χ3v) is 4.63. The van der Waals surface area contributed by atoms with Crippen molar-refractivity contribution in [1.82, 2.24) is 9.55 Å². The summed E-state index contributed by atoms with van der Waals surface area (Å²) in [6.07, 6.45) is 5.72. The largest absolute Gasteiger partial charge is 0.296 e. The van der Waals surface area contributed by atoms with Crippen LogP contribution in [0.1, 0.15) is 45.5 Å². The lowest BCUT2D eigenvalue weighted by Gasteiger charge is -2.31. The van der Waals surface area contributed by atoms with Crippen LogP contribution < -0.4 is 5.56 Å². The van der Waals surface area contributed by atoms with Crippen LogP contribution in [0.15, 0.2) is 40.1 Å². The van der Waals surface area contributed by atoms with E-state index in [4.69, 9.17) is 4.98 Å². The fourth-order valence-electron chi connectivity index (χ4n) is 3.25. The number of aromatic nitrogens is 2. The van der Waals surface area contributed by atoms with Crippen molar-refractivity contribution in [3.63, 3.8) is 0 Å². The van der Waals surface area contributed by atoms with Gasteiger partial charge in [-0.05, 0) is 55.9 Å². The third-order valence-electron chi connectivity index (χ3n) is 4.63. The van der Waals surface area contributed by atoms with Gasteiger partial charge in [0, 0.05) is 25.1 Å². The van der Waals surface area contributed by atoms with Crippen molar-refractivity contribution in [3.05, 3.63) is 52.1 Å². The van der Waals surface area contributed by atoms with E-state index in [0.717, 1.165) is 42.0 Å². The van der Waals surface area contributed by atoms with Crippen molar-refractivity contribution in [2.75, 3.05) is 6.54 Å². The van der Waals surface area contributed by atoms with Gasteiger partial charge in [-0.2, -0.15) is 0 Å². The Kier molecular flexibility index (Phi) is 5.08. The van der Waals surface area contributed by atoms with Crippen molar-refractivity contribution in [2.45, 2.75) is 47.1 Å². The maximum absolute atomic E-state index is 12.9. The number of fused-ring (bicyclic) bond motifs is 2. The molecule has 1 aromatic heterocycles. The standard InChI is InChI=1S/C22H25N3O/c1-5-7-17(23-6-2)10-8-16-9-11-18-19(14-16)24-20-12-13-22(3,4)15-25(20)21(18)26/h5,7,9,11,14H,6,12-13,15H2,1-4H3/b7-5-,23-17?. The Hall–Kier alpha value is -2.67. The molecule has 0 saturated heterocycles. The number of aryl methyl sites for hydroxylation is 1. The maximum Gasteiger partial charge on any atom is 0.261 e. The highest BCUT2D eigenvalue weighted by Gasteiger charge is 2.27. The fourth-order valence-corrected chi connectivity index (χ4v) is 3.25. The molecule has 0 bridgehead atoms. The summed E-state index contributed by atoms with van der Waals surface area (Å²) in [5.74, 6) is 7.11. The van der Waals surface area contributed by atoms with E-state index < -0.39 is 0 Å². The van der Waals surface area contributed by atoms with Crippen molar-refractivity contribution in [1.29, 1.82) is 0 Å². The van der Waals surface area contributed by atoms with E-state index in [-0.39, 0.29) is 11.0 Å². The second-order valence-electron chi connectivity index (χ2n) is 7.43. The lowest BCUT2D eigenvalue weighted by molar-refractivity contribution is 0.240. The van der Waals surface area contributed by atoms with Gasteiger partial charge in [0.1, 0.15) is 11.5 Å². The van der Waals surface area contributed by atoms with Gasteiger partial charge in [-0.1, -0.05) is 25.8 Å². The average Bonchev–Trinajstić information content (AvgIpc) is 2.60. The highest BCUT2D eigenvalue weighted by atomic mass is 16.1. The molecule has 1 aliphatic rings. The predicted octanol–water partition coefficient (Wildman–Crippen LogP) is 3.76. The Balaban J connectivity index is 2.04. The molecule has 0 fully saturated rings. The Morgan fingerprint density at radius 2 is 2.23 bits per heavy atom. The normalized spacial score (nSPS) is 16.4. The Bertz CT molecular complexity index is 1010. The van der Waals surface area contributed by atoms with Gasteiger partial charge >= 0.3 is 0 Å². The number of rotatable bonds is 2. The molecule has 0 radical (unpaired) electrons. The summed E-state index contributed by atoms with van der Waals surface area (Å²) in [6.45, 7) is 9.77. The van der Waals surface area contributed by atoms with Crippen LogP contribution in [-0.2, 0) is 13.0 Å². The van der Waals surface area contributed by atoms with Gasteiger partial charge in [-0.15, -0.1) is 0 Å². The van der Waals surface area contributed by atoms with E-state index in [1.54, 1.807) is 0 Å². The second kappa shape index (κ2) is 7.29. The van der Waals surface area contributed by atoms with Crippen molar-refractivity contribution < 1.29 is 0 Å². The van der Waals surface area contributed by atoms with Crippen LogP contribution in [0.5, 0.6) is 0 Å². The van der Waals surface area contributed by atoms with E-state index in [0.29, 0.717) is 11.9 Å². The zero-order valence-electron chi connectivity index (χ0n) is 16.0. The molecule has 134 valence electrons. The molecule has 2 heterocycles. The van der Waals surface area contributed by atoms with E-state index in [9.17, 15) is 4.79 Å². The summed E-state index contributed by atoms with van der Waals surface area (Å²) in [4.78, 5) is 22.0. The number of hydrogen-bond donors (Lipinski definition) is 0. The van der Waals surface area contributed by atoms with Crippen molar-refractivity contribution in [2.24, 2.45) is 10.4 Å². The molecule has 0 N–H and O–H groups in total. The van der Waals surface area contributed by atoms with E-state index >= 15 is 0 Å². The topological polar surface area (TPSA) is 47.2 Å². The lowest BCUT2D eigenvalue weighted by atomic mass is 9.85. The van der Waals surface area contributed by atoms with E-state index in [2.05, 4.69) is 30.7 Å². The van der Waals surface area contributed by atoms with Crippen LogP contribution in [0.25, 0.3) is 10.9 Å². The molecule has 0 saturated carbocycles. The minimum Gasteiger partial charge on any atom is -0.296 e. The minimum atomic E-state index is 0.0550. The number of nitrogens with zero attached hydrogens (tertiary/aromatic N) is 3. The Labute approximate surface area is 154 Å². The number of allylic oxidation sites excluding steroid dienone is 2. The Morgan fingerprint density at radius 1 is 1.42 bits per heavy atom. The third kappa shape index (κ3) is 3.77. The SMILES string of the molecule is C/C=C\C(C#Cc1ccc2c(=O)n3c(nc2c1)CCC(C)(C)C3)=NCC.